The van der Waals surface area contributed by atoms with E-state index in [1.807, 2.05) is 6.92 Å². The first kappa shape index (κ1) is 20.2. The number of pyridine rings is 1. The largest absolute Gasteiger partial charge is 0.478 e. The van der Waals surface area contributed by atoms with E-state index >= 15 is 0 Å². The fourth-order valence-corrected chi connectivity index (χ4v) is 2.26. The van der Waals surface area contributed by atoms with Gasteiger partial charge in [0.15, 0.2) is 0 Å². The molecule has 0 spiro atoms. The summed E-state index contributed by atoms with van der Waals surface area (Å²) in [6.45, 7) is 2.49. The topological polar surface area (TPSA) is 59.4 Å². The van der Waals surface area contributed by atoms with Gasteiger partial charge in [-0.3, -0.25) is 0 Å². The van der Waals surface area contributed by atoms with E-state index in [1.54, 1.807) is 12.1 Å². The number of carboxylic acid groups (broad SMARTS) is 1. The van der Waals surface area contributed by atoms with Crippen molar-refractivity contribution in [3.05, 3.63) is 77.5 Å². The first-order chi connectivity index (χ1) is 12.8. The molecule has 142 valence electrons. The van der Waals surface area contributed by atoms with Crippen molar-refractivity contribution >= 4 is 11.5 Å². The number of alkyl halides is 3. The Morgan fingerprint density at radius 1 is 1.15 bits per heavy atom. The Labute approximate surface area is 154 Å². The average Bonchev–Trinajstić information content (AvgIpc) is 2.63. The zero-order valence-corrected chi connectivity index (χ0v) is 14.5. The molecule has 0 unspecified atom stereocenters. The molecule has 0 aliphatic carbocycles. The van der Waals surface area contributed by atoms with Gasteiger partial charge in [-0.2, -0.15) is 13.2 Å². The molecule has 0 amide bonds. The lowest BCUT2D eigenvalue weighted by Gasteiger charge is -2.11. The average molecular weight is 377 g/mol. The molecule has 0 aliphatic heterocycles. The molecule has 27 heavy (non-hydrogen) atoms. The molecule has 2 aromatic rings. The molecule has 7 heteroatoms. The molecule has 1 aromatic carbocycles. The summed E-state index contributed by atoms with van der Waals surface area (Å²) >= 11 is 0. The number of carbonyl (C=O) groups is 1. The zero-order chi connectivity index (χ0) is 19.9. The molecule has 2 rings (SSSR count). The van der Waals surface area contributed by atoms with E-state index in [4.69, 9.17) is 9.84 Å². The first-order valence-electron chi connectivity index (χ1n) is 8.19. The predicted octanol–water partition coefficient (Wildman–Crippen LogP) is 4.96. The van der Waals surface area contributed by atoms with Crippen LogP contribution >= 0.6 is 0 Å². The Balaban J connectivity index is 2.38. The van der Waals surface area contributed by atoms with Crippen LogP contribution < -0.4 is 4.74 Å². The monoisotopic (exact) mass is 377 g/mol. The molecule has 1 N–H and O–H groups in total. The lowest BCUT2D eigenvalue weighted by molar-refractivity contribution is -0.137. The number of nitrogens with zero attached hydrogens (tertiary/aromatic N) is 1. The van der Waals surface area contributed by atoms with Crippen molar-refractivity contribution in [2.45, 2.75) is 19.5 Å². The number of carboxylic acids is 1. The van der Waals surface area contributed by atoms with Gasteiger partial charge < -0.3 is 9.84 Å². The predicted molar refractivity (Wildman–Crippen MR) is 95.3 cm³/mol. The van der Waals surface area contributed by atoms with Crippen LogP contribution in [0.5, 0.6) is 5.88 Å². The van der Waals surface area contributed by atoms with Gasteiger partial charge in [0.05, 0.1) is 12.2 Å². The minimum atomic E-state index is -4.43. The summed E-state index contributed by atoms with van der Waals surface area (Å²) in [4.78, 5) is 14.9. The second-order valence-electron chi connectivity index (χ2n) is 5.59. The lowest BCUT2D eigenvalue weighted by atomic mass is 9.97. The number of hydrogen-bond acceptors (Lipinski definition) is 3. The standard InChI is InChI=1S/C20H18F3NO3/c1-2-12-27-18-11-8-15(13-24-18)17(4-3-5-19(25)26)14-6-9-16(10-7-14)20(21,22)23/h3-11,13H,2,12H2,1H3,(H,25,26)/b5-3+,17-4+. The highest BCUT2D eigenvalue weighted by molar-refractivity contribution is 5.83. The summed E-state index contributed by atoms with van der Waals surface area (Å²) in [7, 11) is 0. The smallest absolute Gasteiger partial charge is 0.416 e. The van der Waals surface area contributed by atoms with Crippen molar-refractivity contribution in [3.8, 4) is 5.88 Å². The molecule has 1 heterocycles. The van der Waals surface area contributed by atoms with Gasteiger partial charge >= 0.3 is 12.1 Å². The minimum absolute atomic E-state index is 0.438. The molecule has 4 nitrogen and oxygen atoms in total. The summed E-state index contributed by atoms with van der Waals surface area (Å²) in [5, 5.41) is 8.74. The fourth-order valence-electron chi connectivity index (χ4n) is 2.26. The number of aliphatic carboxylic acids is 1. The second-order valence-corrected chi connectivity index (χ2v) is 5.59. The third kappa shape index (κ3) is 5.99. The Kier molecular flexibility index (Phi) is 6.76. The maximum Gasteiger partial charge on any atom is 0.416 e. The molecule has 0 atom stereocenters. The third-order valence-corrected chi connectivity index (χ3v) is 3.53. The number of benzene rings is 1. The van der Waals surface area contributed by atoms with Crippen molar-refractivity contribution in [2.24, 2.45) is 0 Å². The van der Waals surface area contributed by atoms with E-state index in [1.165, 1.54) is 30.5 Å². The molecule has 0 radical (unpaired) electrons. The van der Waals surface area contributed by atoms with Crippen molar-refractivity contribution in [1.82, 2.24) is 4.98 Å². The quantitative estimate of drug-likeness (QED) is 0.547. The number of halogens is 3. The Morgan fingerprint density at radius 2 is 1.81 bits per heavy atom. The van der Waals surface area contributed by atoms with Crippen molar-refractivity contribution < 1.29 is 27.8 Å². The van der Waals surface area contributed by atoms with Crippen LogP contribution in [0, 0.1) is 0 Å². The third-order valence-electron chi connectivity index (χ3n) is 3.53. The Bertz CT molecular complexity index is 823. The minimum Gasteiger partial charge on any atom is -0.478 e. The van der Waals surface area contributed by atoms with E-state index in [0.29, 0.717) is 29.2 Å². The number of ether oxygens (including phenoxy) is 1. The number of hydrogen-bond donors (Lipinski definition) is 1. The van der Waals surface area contributed by atoms with Crippen LogP contribution in [0.1, 0.15) is 30.0 Å². The molecular weight excluding hydrogens is 359 g/mol. The Hall–Kier alpha value is -3.09. The van der Waals surface area contributed by atoms with Crippen LogP contribution in [-0.4, -0.2) is 22.7 Å². The molecule has 0 aliphatic rings. The molecular formula is C20H18F3NO3. The van der Waals surface area contributed by atoms with E-state index in [2.05, 4.69) is 4.98 Å². The maximum atomic E-state index is 12.8. The van der Waals surface area contributed by atoms with Gasteiger partial charge in [0.25, 0.3) is 0 Å². The van der Waals surface area contributed by atoms with Crippen molar-refractivity contribution in [1.29, 1.82) is 0 Å². The highest BCUT2D eigenvalue weighted by atomic mass is 19.4. The molecule has 1 aromatic heterocycles. The summed E-state index contributed by atoms with van der Waals surface area (Å²) < 4.78 is 43.7. The molecule has 0 bridgehead atoms. The molecule has 0 saturated carbocycles. The van der Waals surface area contributed by atoms with E-state index in [9.17, 15) is 18.0 Å². The lowest BCUT2D eigenvalue weighted by Crippen LogP contribution is -2.04. The Morgan fingerprint density at radius 3 is 2.33 bits per heavy atom. The maximum absolute atomic E-state index is 12.8. The van der Waals surface area contributed by atoms with Crippen molar-refractivity contribution in [2.75, 3.05) is 6.61 Å². The van der Waals surface area contributed by atoms with Gasteiger partial charge in [-0.05, 0) is 35.8 Å². The van der Waals surface area contributed by atoms with Crippen LogP contribution in [0.3, 0.4) is 0 Å². The molecule has 0 fully saturated rings. The highest BCUT2D eigenvalue weighted by Gasteiger charge is 2.30. The fraction of sp³-hybridized carbons (Fsp3) is 0.200. The SMILES string of the molecule is CCCOc1ccc(/C(=C/C=C/C(=O)O)c2ccc(C(F)(F)F)cc2)cn1. The van der Waals surface area contributed by atoms with Crippen LogP contribution in [0.25, 0.3) is 5.57 Å². The van der Waals surface area contributed by atoms with Crippen LogP contribution in [-0.2, 0) is 11.0 Å². The van der Waals surface area contributed by atoms with Gasteiger partial charge in [0, 0.05) is 23.9 Å². The normalized spacial score (nSPS) is 12.4. The summed E-state index contributed by atoms with van der Waals surface area (Å²) in [6, 6.07) is 8.02. The zero-order valence-electron chi connectivity index (χ0n) is 14.5. The van der Waals surface area contributed by atoms with Gasteiger partial charge in [0.2, 0.25) is 5.88 Å². The number of rotatable bonds is 7. The second kappa shape index (κ2) is 9.02. The van der Waals surface area contributed by atoms with E-state index in [-0.39, 0.29) is 0 Å². The van der Waals surface area contributed by atoms with E-state index in [0.717, 1.165) is 24.6 Å². The number of allylic oxidation sites excluding steroid dienone is 2. The van der Waals surface area contributed by atoms with Crippen LogP contribution in [0.2, 0.25) is 0 Å². The van der Waals surface area contributed by atoms with Gasteiger partial charge in [-0.1, -0.05) is 31.2 Å². The van der Waals surface area contributed by atoms with Gasteiger partial charge in [-0.15, -0.1) is 0 Å². The summed E-state index contributed by atoms with van der Waals surface area (Å²) in [6.07, 6.45) is 1.71. The number of aromatic nitrogens is 1. The van der Waals surface area contributed by atoms with E-state index < -0.39 is 17.7 Å². The summed E-state index contributed by atoms with van der Waals surface area (Å²) in [5.41, 5.74) is 0.902. The molecule has 0 saturated heterocycles. The van der Waals surface area contributed by atoms with Crippen molar-refractivity contribution in [3.63, 3.8) is 0 Å². The van der Waals surface area contributed by atoms with Crippen LogP contribution in [0.4, 0.5) is 13.2 Å². The summed E-state index contributed by atoms with van der Waals surface area (Å²) in [5.74, 6) is -0.687. The first-order valence-corrected chi connectivity index (χ1v) is 8.19. The van der Waals surface area contributed by atoms with Crippen LogP contribution in [0.15, 0.2) is 60.8 Å². The van der Waals surface area contributed by atoms with Gasteiger partial charge in [-0.25, -0.2) is 9.78 Å². The highest BCUT2D eigenvalue weighted by Crippen LogP contribution is 2.31. The van der Waals surface area contributed by atoms with Gasteiger partial charge in [0.1, 0.15) is 0 Å².